The van der Waals surface area contributed by atoms with E-state index >= 15 is 0 Å². The first-order chi connectivity index (χ1) is 15.9. The molecule has 0 aliphatic carbocycles. The fraction of sp³-hybridized carbons (Fsp3) is 0.154. The first-order valence-electron chi connectivity index (χ1n) is 10.5. The molecule has 5 nitrogen and oxygen atoms in total. The molecule has 0 aliphatic rings. The molecule has 0 radical (unpaired) electrons. The highest BCUT2D eigenvalue weighted by molar-refractivity contribution is 9.11. The number of hydrazone groups is 1. The average molecular weight is 569 g/mol. The molecule has 33 heavy (non-hydrogen) atoms. The van der Waals surface area contributed by atoms with E-state index in [4.69, 9.17) is 4.74 Å². The van der Waals surface area contributed by atoms with E-state index in [2.05, 4.69) is 78.1 Å². The third-order valence-corrected chi connectivity index (χ3v) is 6.51. The average Bonchev–Trinajstić information content (AvgIpc) is 3.05. The third-order valence-electron chi connectivity index (χ3n) is 5.34. The lowest BCUT2D eigenvalue weighted by Crippen LogP contribution is -2.24. The number of aryl methyl sites for hydroxylation is 1. The smallest absolute Gasteiger partial charge is 0.277 e. The predicted octanol–water partition coefficient (Wildman–Crippen LogP) is 6.36. The van der Waals surface area contributed by atoms with Gasteiger partial charge in [0.15, 0.2) is 6.61 Å². The zero-order valence-corrected chi connectivity index (χ0v) is 21.5. The highest BCUT2D eigenvalue weighted by atomic mass is 79.9. The van der Waals surface area contributed by atoms with Crippen molar-refractivity contribution in [2.24, 2.45) is 5.10 Å². The van der Waals surface area contributed by atoms with Gasteiger partial charge in [-0.25, -0.2) is 5.43 Å². The van der Waals surface area contributed by atoms with Crippen LogP contribution in [0.15, 0.2) is 80.8 Å². The molecular formula is C26H23Br2N3O2. The van der Waals surface area contributed by atoms with Gasteiger partial charge in [0.25, 0.3) is 5.91 Å². The van der Waals surface area contributed by atoms with Crippen molar-refractivity contribution in [3.05, 3.63) is 98.1 Å². The van der Waals surface area contributed by atoms with E-state index in [1.807, 2.05) is 49.4 Å². The van der Waals surface area contributed by atoms with Crippen LogP contribution in [0.5, 0.6) is 5.75 Å². The van der Waals surface area contributed by atoms with Crippen LogP contribution < -0.4 is 10.2 Å². The largest absolute Gasteiger partial charge is 0.481 e. The van der Waals surface area contributed by atoms with Crippen molar-refractivity contribution in [2.75, 3.05) is 6.61 Å². The number of aromatic nitrogens is 1. The van der Waals surface area contributed by atoms with Crippen LogP contribution in [0, 0.1) is 13.8 Å². The lowest BCUT2D eigenvalue weighted by Gasteiger charge is -2.10. The van der Waals surface area contributed by atoms with E-state index < -0.39 is 0 Å². The van der Waals surface area contributed by atoms with Crippen molar-refractivity contribution in [2.45, 2.75) is 20.4 Å². The molecule has 1 heterocycles. The number of hydrogen-bond donors (Lipinski definition) is 1. The van der Waals surface area contributed by atoms with E-state index in [-0.39, 0.29) is 12.5 Å². The number of hydrogen-bond acceptors (Lipinski definition) is 3. The van der Waals surface area contributed by atoms with E-state index in [9.17, 15) is 4.79 Å². The number of benzene rings is 3. The number of carbonyl (C=O) groups excluding carboxylic acids is 1. The highest BCUT2D eigenvalue weighted by Crippen LogP contribution is 2.34. The SMILES string of the molecule is Cc1cc(Br)c(OCC(=O)N/N=C\c2c(C)n(Cc3ccccc3)c3ccccc23)c(Br)c1. The Morgan fingerprint density at radius 2 is 1.70 bits per heavy atom. The van der Waals surface area contributed by atoms with Crippen LogP contribution in [0.3, 0.4) is 0 Å². The molecule has 1 N–H and O–H groups in total. The second-order valence-electron chi connectivity index (χ2n) is 7.73. The standard InChI is InChI=1S/C26H23Br2N3O2/c1-17-12-22(27)26(23(28)13-17)33-16-25(32)30-29-14-21-18(2)31(15-19-8-4-3-5-9-19)24-11-7-6-10-20(21)24/h3-14H,15-16H2,1-2H3,(H,30,32)/b29-14-. The number of nitrogens with zero attached hydrogens (tertiary/aromatic N) is 2. The monoisotopic (exact) mass is 567 g/mol. The van der Waals surface area contributed by atoms with Gasteiger partial charge in [0.1, 0.15) is 5.75 Å². The number of ether oxygens (including phenoxy) is 1. The molecular weight excluding hydrogens is 546 g/mol. The number of para-hydroxylation sites is 1. The van der Waals surface area contributed by atoms with Gasteiger partial charge in [0.05, 0.1) is 15.2 Å². The second kappa shape index (κ2) is 10.4. The summed E-state index contributed by atoms with van der Waals surface area (Å²) in [6.07, 6.45) is 1.70. The summed E-state index contributed by atoms with van der Waals surface area (Å²) >= 11 is 6.94. The summed E-state index contributed by atoms with van der Waals surface area (Å²) in [6, 6.07) is 22.4. The van der Waals surface area contributed by atoms with E-state index in [0.29, 0.717) is 5.75 Å². The van der Waals surface area contributed by atoms with Gasteiger partial charge in [-0.05, 0) is 75.0 Å². The molecule has 168 valence electrons. The van der Waals surface area contributed by atoms with Crippen molar-refractivity contribution in [1.82, 2.24) is 9.99 Å². The maximum atomic E-state index is 12.3. The molecule has 3 aromatic carbocycles. The Morgan fingerprint density at radius 3 is 2.42 bits per heavy atom. The van der Waals surface area contributed by atoms with Gasteiger partial charge < -0.3 is 9.30 Å². The Labute approximate surface area is 209 Å². The molecule has 0 fully saturated rings. The minimum atomic E-state index is -0.337. The van der Waals surface area contributed by atoms with Crippen molar-refractivity contribution in [3.63, 3.8) is 0 Å². The quantitative estimate of drug-likeness (QED) is 0.208. The van der Waals surface area contributed by atoms with Crippen LogP contribution >= 0.6 is 31.9 Å². The maximum absolute atomic E-state index is 12.3. The summed E-state index contributed by atoms with van der Waals surface area (Å²) in [5.41, 5.74) is 8.07. The van der Waals surface area contributed by atoms with E-state index in [0.717, 1.165) is 43.2 Å². The molecule has 0 atom stereocenters. The number of carbonyl (C=O) groups is 1. The normalized spacial score (nSPS) is 11.3. The Morgan fingerprint density at radius 1 is 1.03 bits per heavy atom. The number of fused-ring (bicyclic) bond motifs is 1. The number of rotatable bonds is 7. The first-order valence-corrected chi connectivity index (χ1v) is 12.0. The lowest BCUT2D eigenvalue weighted by molar-refractivity contribution is -0.123. The third kappa shape index (κ3) is 5.37. The van der Waals surface area contributed by atoms with Crippen molar-refractivity contribution in [1.29, 1.82) is 0 Å². The Bertz CT molecular complexity index is 1310. The summed E-state index contributed by atoms with van der Waals surface area (Å²) in [4.78, 5) is 12.3. The Kier molecular flexibility index (Phi) is 7.30. The van der Waals surface area contributed by atoms with Gasteiger partial charge in [0, 0.05) is 28.7 Å². The lowest BCUT2D eigenvalue weighted by atomic mass is 10.1. The fourth-order valence-electron chi connectivity index (χ4n) is 3.75. The van der Waals surface area contributed by atoms with Gasteiger partial charge >= 0.3 is 0 Å². The Balaban J connectivity index is 1.48. The highest BCUT2D eigenvalue weighted by Gasteiger charge is 2.13. The molecule has 0 spiro atoms. The summed E-state index contributed by atoms with van der Waals surface area (Å²) in [7, 11) is 0. The van der Waals surface area contributed by atoms with Gasteiger partial charge in [-0.1, -0.05) is 48.5 Å². The molecule has 0 saturated carbocycles. The van der Waals surface area contributed by atoms with Gasteiger partial charge in [-0.3, -0.25) is 4.79 Å². The molecule has 1 amide bonds. The maximum Gasteiger partial charge on any atom is 0.277 e. The van der Waals surface area contributed by atoms with Crippen LogP contribution in [0.1, 0.15) is 22.4 Å². The zero-order chi connectivity index (χ0) is 23.4. The molecule has 1 aromatic heterocycles. The van der Waals surface area contributed by atoms with Crippen molar-refractivity contribution in [3.8, 4) is 5.75 Å². The minimum Gasteiger partial charge on any atom is -0.481 e. The summed E-state index contributed by atoms with van der Waals surface area (Å²) in [6.45, 7) is 4.68. The van der Waals surface area contributed by atoms with Crippen LogP contribution in [0.25, 0.3) is 10.9 Å². The molecule has 4 aromatic rings. The Hall–Kier alpha value is -2.90. The fourth-order valence-corrected chi connectivity index (χ4v) is 5.40. The summed E-state index contributed by atoms with van der Waals surface area (Å²) < 4.78 is 9.50. The molecule has 0 unspecified atom stereocenters. The number of amides is 1. The number of halogens is 2. The molecule has 0 aliphatic heterocycles. The van der Waals surface area contributed by atoms with Gasteiger partial charge in [-0.2, -0.15) is 5.10 Å². The predicted molar refractivity (Wildman–Crippen MR) is 140 cm³/mol. The van der Waals surface area contributed by atoms with E-state index in [1.54, 1.807) is 6.21 Å². The van der Waals surface area contributed by atoms with Crippen LogP contribution in [-0.4, -0.2) is 23.3 Å². The topological polar surface area (TPSA) is 55.6 Å². The summed E-state index contributed by atoms with van der Waals surface area (Å²) in [5.74, 6) is 0.246. The van der Waals surface area contributed by atoms with Crippen molar-refractivity contribution >= 4 is 54.9 Å². The minimum absolute atomic E-state index is 0.146. The number of nitrogens with one attached hydrogen (secondary N) is 1. The molecule has 0 saturated heterocycles. The van der Waals surface area contributed by atoms with Crippen LogP contribution in [-0.2, 0) is 11.3 Å². The van der Waals surface area contributed by atoms with Crippen LogP contribution in [0.4, 0.5) is 0 Å². The van der Waals surface area contributed by atoms with Crippen molar-refractivity contribution < 1.29 is 9.53 Å². The molecule has 4 rings (SSSR count). The molecule has 7 heteroatoms. The van der Waals surface area contributed by atoms with Crippen LogP contribution in [0.2, 0.25) is 0 Å². The first kappa shape index (κ1) is 23.3. The van der Waals surface area contributed by atoms with Gasteiger partial charge in [-0.15, -0.1) is 0 Å². The zero-order valence-electron chi connectivity index (χ0n) is 18.3. The summed E-state index contributed by atoms with van der Waals surface area (Å²) in [5, 5.41) is 5.29. The van der Waals surface area contributed by atoms with Gasteiger partial charge in [0.2, 0.25) is 0 Å². The second-order valence-corrected chi connectivity index (χ2v) is 9.44. The van der Waals surface area contributed by atoms with E-state index in [1.165, 1.54) is 5.56 Å². The molecule has 0 bridgehead atoms.